The molecule has 0 radical (unpaired) electrons. The summed E-state index contributed by atoms with van der Waals surface area (Å²) in [5.41, 5.74) is 1.57. The predicted molar refractivity (Wildman–Crippen MR) is 77.3 cm³/mol. The van der Waals surface area contributed by atoms with E-state index in [0.717, 1.165) is 0 Å². The second kappa shape index (κ2) is 5.51. The molecule has 1 amide bonds. The molecule has 2 rings (SSSR count). The first kappa shape index (κ1) is 13.7. The summed E-state index contributed by atoms with van der Waals surface area (Å²) in [4.78, 5) is 12.0. The molecule has 0 spiro atoms. The van der Waals surface area contributed by atoms with E-state index in [-0.39, 0.29) is 21.7 Å². The van der Waals surface area contributed by atoms with Crippen LogP contribution < -0.4 is 5.32 Å². The third kappa shape index (κ3) is 2.83. The topological polar surface area (TPSA) is 49.3 Å². The van der Waals surface area contributed by atoms with Crippen molar-refractivity contribution in [3.05, 3.63) is 57.6 Å². The van der Waals surface area contributed by atoms with Crippen molar-refractivity contribution in [2.45, 2.75) is 6.92 Å². The smallest absolute Gasteiger partial charge is 0.255 e. The number of benzene rings is 2. The molecule has 0 aliphatic heterocycles. The van der Waals surface area contributed by atoms with Crippen LogP contribution >= 0.6 is 23.2 Å². The number of aromatic hydroxyl groups is 1. The Balaban J connectivity index is 2.32. The minimum absolute atomic E-state index is 0.0963. The summed E-state index contributed by atoms with van der Waals surface area (Å²) in [6.07, 6.45) is 0. The molecule has 2 aromatic carbocycles. The second-order valence-corrected chi connectivity index (χ2v) is 4.80. The van der Waals surface area contributed by atoms with Crippen molar-refractivity contribution in [2.24, 2.45) is 0 Å². The van der Waals surface area contributed by atoms with Crippen molar-refractivity contribution in [3.8, 4) is 5.75 Å². The number of phenols is 1. The van der Waals surface area contributed by atoms with E-state index in [0.29, 0.717) is 16.8 Å². The number of hydrogen-bond acceptors (Lipinski definition) is 2. The number of hydrogen-bond donors (Lipinski definition) is 2. The van der Waals surface area contributed by atoms with Crippen molar-refractivity contribution in [1.29, 1.82) is 0 Å². The third-order valence-electron chi connectivity index (χ3n) is 2.72. The third-order valence-corrected chi connectivity index (χ3v) is 3.47. The summed E-state index contributed by atoms with van der Waals surface area (Å²) >= 11 is 11.8. The van der Waals surface area contributed by atoms with Crippen LogP contribution in [0.1, 0.15) is 15.9 Å². The van der Waals surface area contributed by atoms with Gasteiger partial charge < -0.3 is 10.4 Å². The Hall–Kier alpha value is -1.71. The Morgan fingerprint density at radius 2 is 1.84 bits per heavy atom. The van der Waals surface area contributed by atoms with E-state index in [1.54, 1.807) is 31.2 Å². The molecule has 0 heterocycles. The fourth-order valence-corrected chi connectivity index (χ4v) is 2.07. The zero-order chi connectivity index (χ0) is 14.0. The Kier molecular flexibility index (Phi) is 3.98. The van der Waals surface area contributed by atoms with E-state index >= 15 is 0 Å². The van der Waals surface area contributed by atoms with Crippen LogP contribution in [-0.4, -0.2) is 11.0 Å². The maximum atomic E-state index is 12.0. The van der Waals surface area contributed by atoms with E-state index in [9.17, 15) is 9.90 Å². The molecule has 2 aromatic rings. The van der Waals surface area contributed by atoms with Crippen molar-refractivity contribution in [3.63, 3.8) is 0 Å². The van der Waals surface area contributed by atoms with Gasteiger partial charge in [0.25, 0.3) is 5.91 Å². The number of halogens is 2. The highest BCUT2D eigenvalue weighted by atomic mass is 35.5. The standard InChI is InChI=1S/C14H11Cl2NO2/c1-8-11(7-10(15)13(18)12(8)16)17-14(19)9-5-3-2-4-6-9/h2-7,18H,1H3,(H,17,19). The molecule has 0 fully saturated rings. The van der Waals surface area contributed by atoms with Crippen LogP contribution in [-0.2, 0) is 0 Å². The molecule has 19 heavy (non-hydrogen) atoms. The maximum absolute atomic E-state index is 12.0. The van der Waals surface area contributed by atoms with E-state index in [4.69, 9.17) is 23.2 Å². The Morgan fingerprint density at radius 1 is 1.21 bits per heavy atom. The van der Waals surface area contributed by atoms with Gasteiger partial charge in [0.2, 0.25) is 0 Å². The van der Waals surface area contributed by atoms with Crippen LogP contribution in [0.2, 0.25) is 10.0 Å². The molecule has 0 saturated heterocycles. The molecule has 0 unspecified atom stereocenters. The van der Waals surface area contributed by atoms with Gasteiger partial charge in [-0.15, -0.1) is 0 Å². The molecule has 98 valence electrons. The van der Waals surface area contributed by atoms with Crippen molar-refractivity contribution >= 4 is 34.8 Å². The minimum Gasteiger partial charge on any atom is -0.505 e. The molecule has 3 nitrogen and oxygen atoms in total. The highest BCUT2D eigenvalue weighted by Gasteiger charge is 2.14. The monoisotopic (exact) mass is 295 g/mol. The summed E-state index contributed by atoms with van der Waals surface area (Å²) in [5.74, 6) is -0.444. The first-order valence-electron chi connectivity index (χ1n) is 5.54. The van der Waals surface area contributed by atoms with Gasteiger partial charge in [0, 0.05) is 11.3 Å². The second-order valence-electron chi connectivity index (χ2n) is 4.01. The van der Waals surface area contributed by atoms with Crippen LogP contribution in [0.15, 0.2) is 36.4 Å². The predicted octanol–water partition coefficient (Wildman–Crippen LogP) is 4.26. The number of phenolic OH excluding ortho intramolecular Hbond substituents is 1. The van der Waals surface area contributed by atoms with Gasteiger partial charge in [0.1, 0.15) is 0 Å². The number of rotatable bonds is 2. The summed E-state index contributed by atoms with van der Waals surface area (Å²) in [5, 5.41) is 12.5. The van der Waals surface area contributed by atoms with Crippen LogP contribution in [0.25, 0.3) is 0 Å². The maximum Gasteiger partial charge on any atom is 0.255 e. The van der Waals surface area contributed by atoms with Gasteiger partial charge in [-0.1, -0.05) is 41.4 Å². The van der Waals surface area contributed by atoms with E-state index < -0.39 is 0 Å². The fraction of sp³-hybridized carbons (Fsp3) is 0.0714. The summed E-state index contributed by atoms with van der Waals surface area (Å²) in [6.45, 7) is 1.69. The molecular formula is C14H11Cl2NO2. The lowest BCUT2D eigenvalue weighted by atomic mass is 10.1. The summed E-state index contributed by atoms with van der Waals surface area (Å²) < 4.78 is 0. The number of anilines is 1. The van der Waals surface area contributed by atoms with Gasteiger partial charge in [-0.2, -0.15) is 0 Å². The Bertz CT molecular complexity index is 627. The fourth-order valence-electron chi connectivity index (χ4n) is 1.62. The minimum atomic E-state index is -0.262. The van der Waals surface area contributed by atoms with Crippen LogP contribution in [0, 0.1) is 6.92 Å². The molecular weight excluding hydrogens is 285 g/mol. The van der Waals surface area contributed by atoms with E-state index in [2.05, 4.69) is 5.32 Å². The molecule has 0 aliphatic carbocycles. The molecule has 0 saturated carbocycles. The van der Waals surface area contributed by atoms with Gasteiger partial charge in [0.15, 0.2) is 5.75 Å². The highest BCUT2D eigenvalue weighted by Crippen LogP contribution is 2.38. The van der Waals surface area contributed by atoms with Crippen molar-refractivity contribution in [1.82, 2.24) is 0 Å². The van der Waals surface area contributed by atoms with Crippen LogP contribution in [0.5, 0.6) is 5.75 Å². The first-order valence-corrected chi connectivity index (χ1v) is 6.30. The van der Waals surface area contributed by atoms with Crippen molar-refractivity contribution in [2.75, 3.05) is 5.32 Å². The van der Waals surface area contributed by atoms with Gasteiger partial charge in [-0.05, 0) is 30.7 Å². The molecule has 2 N–H and O–H groups in total. The average molecular weight is 296 g/mol. The lowest BCUT2D eigenvalue weighted by Crippen LogP contribution is -2.12. The van der Waals surface area contributed by atoms with Gasteiger partial charge in [0.05, 0.1) is 10.0 Å². The normalized spacial score (nSPS) is 10.3. The number of carbonyl (C=O) groups is 1. The molecule has 0 bridgehead atoms. The van der Waals surface area contributed by atoms with Crippen LogP contribution in [0.4, 0.5) is 5.69 Å². The lowest BCUT2D eigenvalue weighted by molar-refractivity contribution is 0.102. The molecule has 0 aliphatic rings. The number of carbonyl (C=O) groups excluding carboxylic acids is 1. The molecule has 0 aromatic heterocycles. The average Bonchev–Trinajstić information content (AvgIpc) is 2.43. The van der Waals surface area contributed by atoms with Gasteiger partial charge in [-0.3, -0.25) is 4.79 Å². The van der Waals surface area contributed by atoms with Crippen molar-refractivity contribution < 1.29 is 9.90 Å². The highest BCUT2D eigenvalue weighted by molar-refractivity contribution is 6.38. The van der Waals surface area contributed by atoms with Gasteiger partial charge >= 0.3 is 0 Å². The first-order chi connectivity index (χ1) is 9.00. The Labute approximate surface area is 120 Å². The molecule has 0 atom stereocenters. The van der Waals surface area contributed by atoms with Gasteiger partial charge in [-0.25, -0.2) is 0 Å². The zero-order valence-corrected chi connectivity index (χ0v) is 11.6. The van der Waals surface area contributed by atoms with Crippen LogP contribution in [0.3, 0.4) is 0 Å². The number of amides is 1. The summed E-state index contributed by atoms with van der Waals surface area (Å²) in [7, 11) is 0. The van der Waals surface area contributed by atoms with E-state index in [1.165, 1.54) is 6.07 Å². The Morgan fingerprint density at radius 3 is 2.47 bits per heavy atom. The summed E-state index contributed by atoms with van der Waals surface area (Å²) in [6, 6.07) is 10.3. The van der Waals surface area contributed by atoms with E-state index in [1.807, 2.05) is 6.07 Å². The number of nitrogens with one attached hydrogen (secondary N) is 1. The quantitative estimate of drug-likeness (QED) is 0.813. The zero-order valence-electron chi connectivity index (χ0n) is 10.1. The SMILES string of the molecule is Cc1c(NC(=O)c2ccccc2)cc(Cl)c(O)c1Cl. The molecule has 5 heteroatoms. The largest absolute Gasteiger partial charge is 0.505 e. The lowest BCUT2D eigenvalue weighted by Gasteiger charge is -2.12.